The Morgan fingerprint density at radius 2 is 1.94 bits per heavy atom. The Kier molecular flexibility index (Phi) is 5.66. The van der Waals surface area contributed by atoms with Crippen LogP contribution in [0.3, 0.4) is 0 Å². The average molecular weight is 452 g/mol. The number of aliphatic hydroxyl groups excluding tert-OH is 1. The van der Waals surface area contributed by atoms with Gasteiger partial charge in [-0.2, -0.15) is 0 Å². The molecule has 2 aliphatic heterocycles. The molecule has 2 N–H and O–H groups in total. The lowest BCUT2D eigenvalue weighted by molar-refractivity contribution is 0.0390. The highest BCUT2D eigenvalue weighted by Gasteiger charge is 2.32. The van der Waals surface area contributed by atoms with Crippen molar-refractivity contribution in [3.8, 4) is 11.1 Å². The SMILES string of the molecule is O=C1O[C@@H](CNc2ccon2)CN1c1ccc(-c2ccc(C3=NOC(CO)C3)cc2)c(F)c1. The van der Waals surface area contributed by atoms with Gasteiger partial charge in [0.15, 0.2) is 11.9 Å². The molecule has 1 unspecified atom stereocenters. The summed E-state index contributed by atoms with van der Waals surface area (Å²) in [5.41, 5.74) is 3.14. The number of ether oxygens (including phenoxy) is 1. The van der Waals surface area contributed by atoms with Gasteiger partial charge in [0.25, 0.3) is 0 Å². The van der Waals surface area contributed by atoms with E-state index in [0.29, 0.717) is 35.6 Å². The number of amides is 1. The van der Waals surface area contributed by atoms with E-state index in [1.165, 1.54) is 17.2 Å². The minimum Gasteiger partial charge on any atom is -0.442 e. The van der Waals surface area contributed by atoms with Gasteiger partial charge in [0.2, 0.25) is 0 Å². The molecule has 33 heavy (non-hydrogen) atoms. The van der Waals surface area contributed by atoms with Gasteiger partial charge in [-0.1, -0.05) is 34.6 Å². The van der Waals surface area contributed by atoms with E-state index >= 15 is 0 Å². The third-order valence-corrected chi connectivity index (χ3v) is 5.55. The van der Waals surface area contributed by atoms with Crippen LogP contribution >= 0.6 is 0 Å². The molecule has 5 rings (SSSR count). The normalized spacial score (nSPS) is 19.9. The summed E-state index contributed by atoms with van der Waals surface area (Å²) in [6.45, 7) is 0.555. The number of benzene rings is 2. The second-order valence-electron chi connectivity index (χ2n) is 7.78. The van der Waals surface area contributed by atoms with Gasteiger partial charge in [0, 0.05) is 18.1 Å². The molecule has 1 aromatic heterocycles. The number of hydrogen-bond donors (Lipinski definition) is 2. The Hall–Kier alpha value is -3.92. The maximum atomic E-state index is 15.0. The molecule has 1 fully saturated rings. The summed E-state index contributed by atoms with van der Waals surface area (Å²) in [6.07, 6.45) is 0.716. The van der Waals surface area contributed by atoms with Crippen LogP contribution in [0, 0.1) is 5.82 Å². The first-order valence-electron chi connectivity index (χ1n) is 10.5. The molecular weight excluding hydrogens is 431 g/mol. The van der Waals surface area contributed by atoms with Gasteiger partial charge >= 0.3 is 6.09 Å². The zero-order valence-corrected chi connectivity index (χ0v) is 17.5. The van der Waals surface area contributed by atoms with Gasteiger partial charge in [-0.25, -0.2) is 9.18 Å². The summed E-state index contributed by atoms with van der Waals surface area (Å²) in [4.78, 5) is 18.8. The first-order chi connectivity index (χ1) is 16.1. The molecule has 170 valence electrons. The Morgan fingerprint density at radius 3 is 2.64 bits per heavy atom. The van der Waals surface area contributed by atoms with Crippen LogP contribution < -0.4 is 10.2 Å². The summed E-state index contributed by atoms with van der Waals surface area (Å²) in [5, 5.41) is 19.9. The number of hydrogen-bond acceptors (Lipinski definition) is 8. The summed E-state index contributed by atoms with van der Waals surface area (Å²) in [7, 11) is 0. The summed E-state index contributed by atoms with van der Waals surface area (Å²) >= 11 is 0. The average Bonchev–Trinajstić information content (AvgIpc) is 3.59. The van der Waals surface area contributed by atoms with Crippen molar-refractivity contribution >= 4 is 23.3 Å². The number of halogens is 1. The number of carbonyl (C=O) groups is 1. The van der Waals surface area contributed by atoms with Crippen molar-refractivity contribution in [1.82, 2.24) is 5.16 Å². The minimum atomic E-state index is -0.529. The van der Waals surface area contributed by atoms with E-state index in [2.05, 4.69) is 15.6 Å². The molecule has 3 aromatic rings. The van der Waals surface area contributed by atoms with Gasteiger partial charge in [-0.3, -0.25) is 4.90 Å². The van der Waals surface area contributed by atoms with Crippen LogP contribution in [0.2, 0.25) is 0 Å². The number of carbonyl (C=O) groups excluding carboxylic acids is 1. The number of aliphatic hydroxyl groups is 1. The van der Waals surface area contributed by atoms with Gasteiger partial charge in [0.1, 0.15) is 18.2 Å². The standard InChI is InChI=1S/C23H21FN4O5/c24-20-9-16(28-12-18(32-23(28)30)11-25-22-7-8-31-27-22)5-6-19(20)14-1-3-15(4-2-14)21-10-17(13-29)33-26-21/h1-9,17-18,29H,10-13H2,(H,25,27)/t17?,18-/m0/s1. The predicted molar refractivity (Wildman–Crippen MR) is 118 cm³/mol. The fourth-order valence-corrected chi connectivity index (χ4v) is 3.81. The third-order valence-electron chi connectivity index (χ3n) is 5.55. The molecule has 9 nitrogen and oxygen atoms in total. The van der Waals surface area contributed by atoms with Crippen molar-refractivity contribution in [1.29, 1.82) is 0 Å². The molecule has 2 atom stereocenters. The lowest BCUT2D eigenvalue weighted by atomic mass is 9.99. The van der Waals surface area contributed by atoms with Crippen molar-refractivity contribution in [2.45, 2.75) is 18.6 Å². The fraction of sp³-hybridized carbons (Fsp3) is 0.261. The lowest BCUT2D eigenvalue weighted by Gasteiger charge is -2.14. The molecule has 0 bridgehead atoms. The molecule has 10 heteroatoms. The van der Waals surface area contributed by atoms with Crippen LogP contribution in [-0.4, -0.2) is 54.0 Å². The fourth-order valence-electron chi connectivity index (χ4n) is 3.81. The van der Waals surface area contributed by atoms with Crippen LogP contribution in [0.25, 0.3) is 11.1 Å². The van der Waals surface area contributed by atoms with E-state index in [-0.39, 0.29) is 19.3 Å². The number of rotatable bonds is 7. The van der Waals surface area contributed by atoms with Crippen molar-refractivity contribution in [3.63, 3.8) is 0 Å². The number of oxime groups is 1. The van der Waals surface area contributed by atoms with Crippen molar-refractivity contribution in [3.05, 3.63) is 66.2 Å². The predicted octanol–water partition coefficient (Wildman–Crippen LogP) is 3.40. The van der Waals surface area contributed by atoms with Gasteiger partial charge < -0.3 is 24.5 Å². The molecule has 0 radical (unpaired) electrons. The first-order valence-corrected chi connectivity index (χ1v) is 10.5. The number of anilines is 2. The van der Waals surface area contributed by atoms with Crippen molar-refractivity contribution < 1.29 is 28.4 Å². The van der Waals surface area contributed by atoms with Gasteiger partial charge in [0.05, 0.1) is 31.1 Å². The molecule has 0 aliphatic carbocycles. The highest BCUT2D eigenvalue weighted by atomic mass is 19.1. The summed E-state index contributed by atoms with van der Waals surface area (Å²) in [5.74, 6) is 0.103. The largest absolute Gasteiger partial charge is 0.442 e. The van der Waals surface area contributed by atoms with E-state index in [9.17, 15) is 14.3 Å². The molecule has 3 heterocycles. The number of aromatic nitrogens is 1. The molecule has 1 amide bonds. The van der Waals surface area contributed by atoms with Crippen LogP contribution in [0.15, 0.2) is 64.5 Å². The number of nitrogens with zero attached hydrogens (tertiary/aromatic N) is 3. The first kappa shape index (κ1) is 21.0. The zero-order chi connectivity index (χ0) is 22.8. The topological polar surface area (TPSA) is 109 Å². The van der Waals surface area contributed by atoms with Crippen LogP contribution in [0.1, 0.15) is 12.0 Å². The minimum absolute atomic E-state index is 0.0912. The highest BCUT2D eigenvalue weighted by molar-refractivity contribution is 6.01. The smallest absolute Gasteiger partial charge is 0.414 e. The maximum absolute atomic E-state index is 15.0. The second kappa shape index (κ2) is 8.91. The number of nitrogens with one attached hydrogen (secondary N) is 1. The van der Waals surface area contributed by atoms with Gasteiger partial charge in [-0.15, -0.1) is 0 Å². The van der Waals surface area contributed by atoms with E-state index in [0.717, 1.165) is 11.3 Å². The second-order valence-corrected chi connectivity index (χ2v) is 7.78. The number of cyclic esters (lactones) is 1. The zero-order valence-electron chi connectivity index (χ0n) is 17.5. The Balaban J connectivity index is 1.26. The van der Waals surface area contributed by atoms with Crippen LogP contribution in [-0.2, 0) is 9.57 Å². The monoisotopic (exact) mass is 452 g/mol. The third kappa shape index (κ3) is 4.37. The van der Waals surface area contributed by atoms with E-state index in [4.69, 9.17) is 14.1 Å². The molecule has 1 saturated heterocycles. The van der Waals surface area contributed by atoms with Crippen molar-refractivity contribution in [2.75, 3.05) is 29.9 Å². The highest BCUT2D eigenvalue weighted by Crippen LogP contribution is 2.30. The molecule has 2 aliphatic rings. The van der Waals surface area contributed by atoms with Crippen LogP contribution in [0.4, 0.5) is 20.7 Å². The van der Waals surface area contributed by atoms with Gasteiger partial charge in [-0.05, 0) is 29.3 Å². The van der Waals surface area contributed by atoms with E-state index in [1.807, 2.05) is 12.1 Å². The Morgan fingerprint density at radius 1 is 1.12 bits per heavy atom. The molecular formula is C23H21FN4O5. The lowest BCUT2D eigenvalue weighted by Crippen LogP contribution is -2.27. The summed E-state index contributed by atoms with van der Waals surface area (Å²) in [6, 6.07) is 13.6. The Labute approximate surface area is 188 Å². The maximum Gasteiger partial charge on any atom is 0.414 e. The molecule has 0 saturated carbocycles. The quantitative estimate of drug-likeness (QED) is 0.565. The van der Waals surface area contributed by atoms with Crippen molar-refractivity contribution in [2.24, 2.45) is 5.16 Å². The Bertz CT molecular complexity index is 1170. The van der Waals surface area contributed by atoms with E-state index in [1.54, 1.807) is 30.3 Å². The summed E-state index contributed by atoms with van der Waals surface area (Å²) < 4.78 is 25.1. The molecule has 0 spiro atoms. The van der Waals surface area contributed by atoms with Crippen LogP contribution in [0.5, 0.6) is 0 Å². The molecule has 2 aromatic carbocycles. The van der Waals surface area contributed by atoms with E-state index < -0.39 is 18.0 Å².